The molecule has 1 aliphatic rings. The molecule has 1 heterocycles. The molecule has 0 saturated carbocycles. The monoisotopic (exact) mass is 521 g/mol. The Hall–Kier alpha value is -1.62. The molecule has 0 aromatic heterocycles. The SMILES string of the molecule is CN=C(NCCCN1CCCC(C(N)=O)C1)NCC(C)Oc1ccc(F)cc1.I. The van der Waals surface area contributed by atoms with Gasteiger partial charge in [0.15, 0.2) is 5.96 Å². The number of nitrogens with two attached hydrogens (primary N) is 1. The van der Waals surface area contributed by atoms with Crippen LogP contribution in [0.1, 0.15) is 26.2 Å². The number of amides is 1. The van der Waals surface area contributed by atoms with Gasteiger partial charge in [0.1, 0.15) is 17.7 Å². The van der Waals surface area contributed by atoms with Gasteiger partial charge in [0.25, 0.3) is 0 Å². The third kappa shape index (κ3) is 9.62. The largest absolute Gasteiger partial charge is 0.489 e. The van der Waals surface area contributed by atoms with E-state index in [2.05, 4.69) is 20.5 Å². The number of carbonyl (C=O) groups is 1. The van der Waals surface area contributed by atoms with Crippen LogP contribution in [0.15, 0.2) is 29.3 Å². The third-order valence-corrected chi connectivity index (χ3v) is 4.78. The lowest BCUT2D eigenvalue weighted by Crippen LogP contribution is -2.44. The van der Waals surface area contributed by atoms with Crippen LogP contribution >= 0.6 is 24.0 Å². The molecule has 1 fully saturated rings. The van der Waals surface area contributed by atoms with E-state index in [9.17, 15) is 9.18 Å². The molecule has 164 valence electrons. The van der Waals surface area contributed by atoms with Crippen LogP contribution < -0.4 is 21.1 Å². The summed E-state index contributed by atoms with van der Waals surface area (Å²) in [5.74, 6) is 0.859. The second kappa shape index (κ2) is 13.6. The van der Waals surface area contributed by atoms with E-state index in [0.717, 1.165) is 45.4 Å². The minimum atomic E-state index is -0.280. The zero-order chi connectivity index (χ0) is 20.4. The Morgan fingerprint density at radius 1 is 1.38 bits per heavy atom. The van der Waals surface area contributed by atoms with Crippen LogP contribution in [-0.2, 0) is 4.79 Å². The van der Waals surface area contributed by atoms with Gasteiger partial charge in [0.05, 0.1) is 12.5 Å². The number of ether oxygens (including phenoxy) is 1. The second-order valence-electron chi connectivity index (χ2n) is 7.16. The van der Waals surface area contributed by atoms with E-state index in [1.54, 1.807) is 19.2 Å². The molecule has 1 aromatic rings. The van der Waals surface area contributed by atoms with Gasteiger partial charge in [-0.25, -0.2) is 4.39 Å². The Labute approximate surface area is 189 Å². The lowest BCUT2D eigenvalue weighted by molar-refractivity contribution is -0.123. The molecule has 0 spiro atoms. The van der Waals surface area contributed by atoms with Crippen molar-refractivity contribution in [3.05, 3.63) is 30.1 Å². The molecule has 2 atom stereocenters. The van der Waals surface area contributed by atoms with Gasteiger partial charge in [-0.2, -0.15) is 0 Å². The van der Waals surface area contributed by atoms with Gasteiger partial charge in [-0.05, 0) is 63.5 Å². The van der Waals surface area contributed by atoms with E-state index in [0.29, 0.717) is 18.3 Å². The molecule has 1 saturated heterocycles. The molecule has 9 heteroatoms. The molecule has 0 aliphatic carbocycles. The molecule has 0 bridgehead atoms. The van der Waals surface area contributed by atoms with Crippen LogP contribution in [0.4, 0.5) is 4.39 Å². The van der Waals surface area contributed by atoms with Gasteiger partial charge >= 0.3 is 0 Å². The average molecular weight is 521 g/mol. The van der Waals surface area contributed by atoms with Crippen LogP contribution in [0.5, 0.6) is 5.75 Å². The van der Waals surface area contributed by atoms with Gasteiger partial charge in [-0.1, -0.05) is 0 Å². The van der Waals surface area contributed by atoms with Crippen molar-refractivity contribution < 1.29 is 13.9 Å². The molecular weight excluding hydrogens is 488 g/mol. The summed E-state index contributed by atoms with van der Waals surface area (Å²) < 4.78 is 18.7. The number of likely N-dealkylation sites (tertiary alicyclic amines) is 1. The van der Waals surface area contributed by atoms with Crippen LogP contribution in [-0.4, -0.2) is 62.6 Å². The predicted molar refractivity (Wildman–Crippen MR) is 124 cm³/mol. The van der Waals surface area contributed by atoms with Gasteiger partial charge in [-0.15, -0.1) is 24.0 Å². The average Bonchev–Trinajstić information content (AvgIpc) is 2.69. The van der Waals surface area contributed by atoms with Crippen molar-refractivity contribution in [1.82, 2.24) is 15.5 Å². The van der Waals surface area contributed by atoms with E-state index in [1.807, 2.05) is 6.92 Å². The van der Waals surface area contributed by atoms with Crippen LogP contribution in [0.2, 0.25) is 0 Å². The van der Waals surface area contributed by atoms with Gasteiger partial charge in [0.2, 0.25) is 5.91 Å². The Kier molecular flexibility index (Phi) is 11.9. The maximum atomic E-state index is 12.9. The molecule has 7 nitrogen and oxygen atoms in total. The second-order valence-corrected chi connectivity index (χ2v) is 7.16. The van der Waals surface area contributed by atoms with Crippen LogP contribution in [0, 0.1) is 11.7 Å². The number of guanidine groups is 1. The number of rotatable bonds is 9. The number of hydrogen-bond acceptors (Lipinski definition) is 4. The Morgan fingerprint density at radius 3 is 2.76 bits per heavy atom. The molecule has 0 radical (unpaired) electrons. The number of halogens is 2. The fraction of sp³-hybridized carbons (Fsp3) is 0.600. The number of hydrogen-bond donors (Lipinski definition) is 3. The summed E-state index contributed by atoms with van der Waals surface area (Å²) in [6.07, 6.45) is 2.78. The summed E-state index contributed by atoms with van der Waals surface area (Å²) in [6, 6.07) is 5.98. The normalized spacial score (nSPS) is 18.4. The first-order valence-corrected chi connectivity index (χ1v) is 9.86. The van der Waals surface area contributed by atoms with E-state index >= 15 is 0 Å². The minimum Gasteiger partial charge on any atom is -0.489 e. The first kappa shape index (κ1) is 25.4. The highest BCUT2D eigenvalue weighted by Gasteiger charge is 2.23. The molecule has 1 amide bonds. The van der Waals surface area contributed by atoms with E-state index in [-0.39, 0.29) is 47.7 Å². The van der Waals surface area contributed by atoms with Crippen molar-refractivity contribution in [2.45, 2.75) is 32.3 Å². The summed E-state index contributed by atoms with van der Waals surface area (Å²) in [6.45, 7) is 6.01. The van der Waals surface area contributed by atoms with E-state index < -0.39 is 0 Å². The number of nitrogens with zero attached hydrogens (tertiary/aromatic N) is 2. The van der Waals surface area contributed by atoms with Crippen LogP contribution in [0.25, 0.3) is 0 Å². The minimum absolute atomic E-state index is 0. The maximum Gasteiger partial charge on any atom is 0.221 e. The standard InChI is InChI=1S/C20H32FN5O2.HI/c1-15(28-18-8-6-17(21)7-9-18)13-25-20(23-2)24-10-4-12-26-11-3-5-16(14-26)19(22)27;/h6-9,15-16H,3-5,10-14H2,1-2H3,(H2,22,27)(H2,23,24,25);1H. The maximum absolute atomic E-state index is 12.9. The molecule has 1 aliphatic heterocycles. The van der Waals surface area contributed by atoms with Gasteiger partial charge < -0.3 is 26.0 Å². The van der Waals surface area contributed by atoms with Crippen molar-refractivity contribution in [2.24, 2.45) is 16.6 Å². The highest BCUT2D eigenvalue weighted by atomic mass is 127. The molecule has 2 unspecified atom stereocenters. The molecule has 4 N–H and O–H groups in total. The van der Waals surface area contributed by atoms with Crippen molar-refractivity contribution >= 4 is 35.8 Å². The fourth-order valence-corrected chi connectivity index (χ4v) is 3.25. The van der Waals surface area contributed by atoms with Crippen molar-refractivity contribution in [2.75, 3.05) is 39.8 Å². The smallest absolute Gasteiger partial charge is 0.221 e. The number of primary amides is 1. The molecule has 1 aromatic carbocycles. The lowest BCUT2D eigenvalue weighted by Gasteiger charge is -2.31. The van der Waals surface area contributed by atoms with Crippen molar-refractivity contribution in [3.8, 4) is 5.75 Å². The van der Waals surface area contributed by atoms with E-state index in [4.69, 9.17) is 10.5 Å². The highest BCUT2D eigenvalue weighted by molar-refractivity contribution is 14.0. The van der Waals surface area contributed by atoms with Crippen molar-refractivity contribution in [3.63, 3.8) is 0 Å². The van der Waals surface area contributed by atoms with Crippen molar-refractivity contribution in [1.29, 1.82) is 0 Å². The zero-order valence-corrected chi connectivity index (χ0v) is 19.5. The van der Waals surface area contributed by atoms with Crippen LogP contribution in [0.3, 0.4) is 0 Å². The Morgan fingerprint density at radius 2 is 2.10 bits per heavy atom. The third-order valence-electron chi connectivity index (χ3n) is 4.78. The summed E-state index contributed by atoms with van der Waals surface area (Å²) in [4.78, 5) is 17.9. The van der Waals surface area contributed by atoms with E-state index in [1.165, 1.54) is 12.1 Å². The first-order valence-electron chi connectivity index (χ1n) is 9.86. The summed E-state index contributed by atoms with van der Waals surface area (Å²) in [5.41, 5.74) is 5.43. The molecular formula is C20H33FIN5O2. The molecule has 29 heavy (non-hydrogen) atoms. The first-order chi connectivity index (χ1) is 13.5. The Balaban J connectivity index is 0.00000420. The number of benzene rings is 1. The highest BCUT2D eigenvalue weighted by Crippen LogP contribution is 2.16. The number of piperidine rings is 1. The van der Waals surface area contributed by atoms with Gasteiger partial charge in [-0.3, -0.25) is 9.79 Å². The lowest BCUT2D eigenvalue weighted by atomic mass is 9.97. The zero-order valence-electron chi connectivity index (χ0n) is 17.2. The predicted octanol–water partition coefficient (Wildman–Crippen LogP) is 1.96. The number of aliphatic imine (C=N–C) groups is 1. The summed E-state index contributed by atoms with van der Waals surface area (Å²) in [5, 5.41) is 6.51. The fourth-order valence-electron chi connectivity index (χ4n) is 3.25. The summed E-state index contributed by atoms with van der Waals surface area (Å²) in [7, 11) is 1.73. The number of nitrogens with one attached hydrogen (secondary N) is 2. The topological polar surface area (TPSA) is 92.0 Å². The molecule has 2 rings (SSSR count). The summed E-state index contributed by atoms with van der Waals surface area (Å²) >= 11 is 0. The van der Waals surface area contributed by atoms with Gasteiger partial charge in [0, 0.05) is 20.1 Å². The quantitative estimate of drug-likeness (QED) is 0.200. The Bertz CT molecular complexity index is 644. The number of carbonyl (C=O) groups excluding carboxylic acids is 1.